The highest BCUT2D eigenvalue weighted by molar-refractivity contribution is 8.00. The molecule has 1 unspecified atom stereocenters. The molecule has 2 aromatic carbocycles. The van der Waals surface area contributed by atoms with Crippen molar-refractivity contribution in [2.75, 3.05) is 5.32 Å². The molecule has 0 saturated carbocycles. The number of amides is 1. The van der Waals surface area contributed by atoms with E-state index in [0.717, 1.165) is 11.3 Å². The summed E-state index contributed by atoms with van der Waals surface area (Å²) in [6.45, 7) is 8.44. The van der Waals surface area contributed by atoms with Gasteiger partial charge >= 0.3 is 0 Å². The standard InChI is InChI=1S/C22H25N3O2S/c1-5-25-21(27)17-11-7-9-13-19(17)24-22(25)28-15(4)20(26)23-18-12-8-6-10-16(18)14(2)3/h6-15H,5H2,1-4H3,(H,23,26). The van der Waals surface area contributed by atoms with Gasteiger partial charge in [0.15, 0.2) is 5.16 Å². The van der Waals surface area contributed by atoms with Crippen LogP contribution in [0.2, 0.25) is 0 Å². The number of hydrogen-bond acceptors (Lipinski definition) is 4. The molecule has 0 saturated heterocycles. The van der Waals surface area contributed by atoms with Crippen LogP contribution in [-0.4, -0.2) is 20.7 Å². The largest absolute Gasteiger partial charge is 0.325 e. The third kappa shape index (κ3) is 4.12. The van der Waals surface area contributed by atoms with Crippen LogP contribution in [0.5, 0.6) is 0 Å². The Morgan fingerprint density at radius 2 is 1.79 bits per heavy atom. The quantitative estimate of drug-likeness (QED) is 0.487. The minimum absolute atomic E-state index is 0.0756. The smallest absolute Gasteiger partial charge is 0.262 e. The first-order valence-electron chi connectivity index (χ1n) is 9.48. The molecule has 5 nitrogen and oxygen atoms in total. The molecule has 0 aliphatic heterocycles. The SMILES string of the molecule is CCn1c(SC(C)C(=O)Nc2ccccc2C(C)C)nc2ccccc2c1=O. The minimum Gasteiger partial charge on any atom is -0.325 e. The molecule has 1 aromatic heterocycles. The number of anilines is 1. The lowest BCUT2D eigenvalue weighted by Crippen LogP contribution is -2.27. The second-order valence-electron chi connectivity index (χ2n) is 6.95. The number of aromatic nitrogens is 2. The Kier molecular flexibility index (Phi) is 6.19. The first-order chi connectivity index (χ1) is 13.4. The zero-order valence-corrected chi connectivity index (χ0v) is 17.4. The molecule has 3 aromatic rings. The summed E-state index contributed by atoms with van der Waals surface area (Å²) in [5.74, 6) is 0.204. The molecular formula is C22H25N3O2S. The Morgan fingerprint density at radius 1 is 1.11 bits per heavy atom. The van der Waals surface area contributed by atoms with Crippen molar-refractivity contribution in [3.8, 4) is 0 Å². The van der Waals surface area contributed by atoms with Crippen LogP contribution in [0.3, 0.4) is 0 Å². The van der Waals surface area contributed by atoms with Gasteiger partial charge in [-0.25, -0.2) is 4.98 Å². The topological polar surface area (TPSA) is 64.0 Å². The van der Waals surface area contributed by atoms with Crippen LogP contribution >= 0.6 is 11.8 Å². The molecule has 1 atom stereocenters. The summed E-state index contributed by atoms with van der Waals surface area (Å²) >= 11 is 1.31. The van der Waals surface area contributed by atoms with E-state index in [1.54, 1.807) is 10.6 Å². The number of nitrogens with one attached hydrogen (secondary N) is 1. The van der Waals surface area contributed by atoms with Gasteiger partial charge in [0, 0.05) is 12.2 Å². The van der Waals surface area contributed by atoms with Crippen molar-refractivity contribution >= 4 is 34.3 Å². The maximum absolute atomic E-state index is 12.8. The average molecular weight is 396 g/mol. The fraction of sp³-hybridized carbons (Fsp3) is 0.318. The predicted molar refractivity (Wildman–Crippen MR) is 116 cm³/mol. The van der Waals surface area contributed by atoms with E-state index in [4.69, 9.17) is 0 Å². The van der Waals surface area contributed by atoms with Crippen molar-refractivity contribution < 1.29 is 4.79 Å². The van der Waals surface area contributed by atoms with E-state index in [9.17, 15) is 9.59 Å². The summed E-state index contributed by atoms with van der Waals surface area (Å²) in [7, 11) is 0. The number of carbonyl (C=O) groups is 1. The van der Waals surface area contributed by atoms with Crippen LogP contribution in [0.25, 0.3) is 10.9 Å². The first-order valence-corrected chi connectivity index (χ1v) is 10.4. The Balaban J connectivity index is 1.86. The second kappa shape index (κ2) is 8.61. The Labute approximate surface area is 169 Å². The molecule has 6 heteroatoms. The average Bonchev–Trinajstić information content (AvgIpc) is 2.68. The third-order valence-corrected chi connectivity index (χ3v) is 5.73. The normalized spacial score (nSPS) is 12.3. The monoisotopic (exact) mass is 395 g/mol. The molecule has 0 spiro atoms. The van der Waals surface area contributed by atoms with Crippen molar-refractivity contribution in [1.82, 2.24) is 9.55 Å². The molecule has 3 rings (SSSR count). The van der Waals surface area contributed by atoms with Gasteiger partial charge < -0.3 is 5.32 Å². The molecule has 146 valence electrons. The Morgan fingerprint density at radius 3 is 2.50 bits per heavy atom. The summed E-state index contributed by atoms with van der Waals surface area (Å²) < 4.78 is 1.62. The van der Waals surface area contributed by atoms with E-state index in [1.165, 1.54) is 11.8 Å². The lowest BCUT2D eigenvalue weighted by molar-refractivity contribution is -0.115. The van der Waals surface area contributed by atoms with E-state index in [-0.39, 0.29) is 11.5 Å². The molecular weight excluding hydrogens is 370 g/mol. The number of rotatable bonds is 6. The highest BCUT2D eigenvalue weighted by Crippen LogP contribution is 2.27. The lowest BCUT2D eigenvalue weighted by atomic mass is 10.0. The van der Waals surface area contributed by atoms with Crippen molar-refractivity contribution in [3.05, 3.63) is 64.4 Å². The summed E-state index contributed by atoms with van der Waals surface area (Å²) in [6.07, 6.45) is 0. The fourth-order valence-corrected chi connectivity index (χ4v) is 4.05. The van der Waals surface area contributed by atoms with Crippen LogP contribution in [-0.2, 0) is 11.3 Å². The third-order valence-electron chi connectivity index (χ3n) is 4.63. The van der Waals surface area contributed by atoms with Crippen molar-refractivity contribution in [2.45, 2.75) is 50.6 Å². The number of para-hydroxylation sites is 2. The van der Waals surface area contributed by atoms with Gasteiger partial charge in [-0.1, -0.05) is 55.9 Å². The first kappa shape index (κ1) is 20.1. The van der Waals surface area contributed by atoms with Crippen molar-refractivity contribution in [2.24, 2.45) is 0 Å². The zero-order valence-electron chi connectivity index (χ0n) is 16.6. The Hall–Kier alpha value is -2.60. The number of carbonyl (C=O) groups excluding carboxylic acids is 1. The number of nitrogens with zero attached hydrogens (tertiary/aromatic N) is 2. The minimum atomic E-state index is -0.397. The van der Waals surface area contributed by atoms with Crippen LogP contribution < -0.4 is 10.9 Å². The molecule has 1 amide bonds. The van der Waals surface area contributed by atoms with E-state index < -0.39 is 5.25 Å². The van der Waals surface area contributed by atoms with Crippen LogP contribution in [0.1, 0.15) is 39.2 Å². The van der Waals surface area contributed by atoms with Crippen molar-refractivity contribution in [3.63, 3.8) is 0 Å². The molecule has 1 heterocycles. The maximum atomic E-state index is 12.8. The van der Waals surface area contributed by atoms with E-state index in [0.29, 0.717) is 28.5 Å². The molecule has 28 heavy (non-hydrogen) atoms. The van der Waals surface area contributed by atoms with Gasteiger partial charge in [0.2, 0.25) is 5.91 Å². The maximum Gasteiger partial charge on any atom is 0.262 e. The zero-order chi connectivity index (χ0) is 20.3. The van der Waals surface area contributed by atoms with E-state index in [1.807, 2.05) is 56.3 Å². The van der Waals surface area contributed by atoms with Crippen molar-refractivity contribution in [1.29, 1.82) is 0 Å². The molecule has 0 fully saturated rings. The fourth-order valence-electron chi connectivity index (χ4n) is 3.08. The lowest BCUT2D eigenvalue weighted by Gasteiger charge is -2.17. The van der Waals surface area contributed by atoms with Gasteiger partial charge in [0.25, 0.3) is 5.56 Å². The van der Waals surface area contributed by atoms with Gasteiger partial charge in [-0.15, -0.1) is 0 Å². The molecule has 0 radical (unpaired) electrons. The van der Waals surface area contributed by atoms with Gasteiger partial charge in [0.1, 0.15) is 0 Å². The summed E-state index contributed by atoms with van der Waals surface area (Å²) in [4.78, 5) is 30.2. The van der Waals surface area contributed by atoms with Gasteiger partial charge in [0.05, 0.1) is 16.2 Å². The molecule has 0 aliphatic rings. The number of thioether (sulfide) groups is 1. The van der Waals surface area contributed by atoms with Crippen LogP contribution in [0, 0.1) is 0 Å². The Bertz CT molecular complexity index is 1060. The van der Waals surface area contributed by atoms with Gasteiger partial charge in [-0.05, 0) is 43.5 Å². The highest BCUT2D eigenvalue weighted by atomic mass is 32.2. The number of benzene rings is 2. The van der Waals surface area contributed by atoms with Crippen LogP contribution in [0.4, 0.5) is 5.69 Å². The van der Waals surface area contributed by atoms with E-state index in [2.05, 4.69) is 24.1 Å². The van der Waals surface area contributed by atoms with Gasteiger partial charge in [-0.2, -0.15) is 0 Å². The molecule has 0 bridgehead atoms. The number of fused-ring (bicyclic) bond motifs is 1. The number of hydrogen-bond donors (Lipinski definition) is 1. The van der Waals surface area contributed by atoms with Gasteiger partial charge in [-0.3, -0.25) is 14.2 Å². The summed E-state index contributed by atoms with van der Waals surface area (Å²) in [5.41, 5.74) is 2.50. The summed E-state index contributed by atoms with van der Waals surface area (Å²) in [6, 6.07) is 15.1. The second-order valence-corrected chi connectivity index (χ2v) is 8.26. The van der Waals surface area contributed by atoms with E-state index >= 15 is 0 Å². The predicted octanol–water partition coefficient (Wildman–Crippen LogP) is 4.66. The van der Waals surface area contributed by atoms with Crippen LogP contribution in [0.15, 0.2) is 58.5 Å². The summed E-state index contributed by atoms with van der Waals surface area (Å²) in [5, 5.41) is 3.78. The highest BCUT2D eigenvalue weighted by Gasteiger charge is 2.20. The molecule has 0 aliphatic carbocycles. The molecule has 1 N–H and O–H groups in total.